The average Bonchev–Trinajstić information content (AvgIpc) is 2.52. The molecule has 1 N–H and O–H groups in total. The van der Waals surface area contributed by atoms with E-state index < -0.39 is 10.1 Å². The number of hydrogen-bond donors (Lipinski definition) is 1. The molecule has 0 amide bonds. The van der Waals surface area contributed by atoms with Gasteiger partial charge in [-0.25, -0.2) is 0 Å². The topological polar surface area (TPSA) is 63.6 Å². The van der Waals surface area contributed by atoms with Crippen LogP contribution >= 0.6 is 0 Å². The highest BCUT2D eigenvalue weighted by molar-refractivity contribution is 7.85. The maximum absolute atomic E-state index is 10.5. The lowest BCUT2D eigenvalue weighted by Crippen LogP contribution is -2.07. The van der Waals surface area contributed by atoms with E-state index >= 15 is 0 Å². The molecule has 24 heavy (non-hydrogen) atoms. The van der Waals surface area contributed by atoms with Gasteiger partial charge in [-0.15, -0.1) is 0 Å². The molecular weight excluding hydrogens is 324 g/mol. The Hall–Kier alpha value is -0.130. The molecule has 0 rings (SSSR count). The van der Waals surface area contributed by atoms with Gasteiger partial charge in [0, 0.05) is 13.2 Å². The van der Waals surface area contributed by atoms with E-state index in [-0.39, 0.29) is 5.75 Å². The third kappa shape index (κ3) is 21.9. The molecule has 0 aromatic rings. The Morgan fingerprint density at radius 2 is 1.00 bits per heavy atom. The summed E-state index contributed by atoms with van der Waals surface area (Å²) in [6.45, 7) is 3.38. The average molecular weight is 365 g/mol. The molecule has 0 spiro atoms. The second-order valence-corrected chi connectivity index (χ2v) is 8.42. The summed E-state index contributed by atoms with van der Waals surface area (Å²) in [5.74, 6) is -0.203. The van der Waals surface area contributed by atoms with Gasteiger partial charge in [-0.3, -0.25) is 4.55 Å². The molecule has 0 aromatic carbocycles. The van der Waals surface area contributed by atoms with Crippen molar-refractivity contribution in [3.05, 3.63) is 0 Å². The molecular formula is C19H40O4S. The van der Waals surface area contributed by atoms with Crippen LogP contribution in [0.4, 0.5) is 0 Å². The Bertz CT molecular complexity index is 341. The first-order chi connectivity index (χ1) is 11.6. The molecule has 0 saturated heterocycles. The van der Waals surface area contributed by atoms with Gasteiger partial charge in [-0.2, -0.15) is 8.42 Å². The number of hydrogen-bond acceptors (Lipinski definition) is 3. The minimum Gasteiger partial charge on any atom is -0.381 e. The maximum atomic E-state index is 10.5. The lowest BCUT2D eigenvalue weighted by Gasteiger charge is -2.04. The number of unbranched alkanes of at least 4 members (excludes halogenated alkanes) is 13. The summed E-state index contributed by atoms with van der Waals surface area (Å²) in [7, 11) is -3.83. The number of ether oxygens (including phenoxy) is 1. The van der Waals surface area contributed by atoms with E-state index in [1.165, 1.54) is 83.5 Å². The first kappa shape index (κ1) is 23.9. The van der Waals surface area contributed by atoms with Gasteiger partial charge in [0.15, 0.2) is 0 Å². The summed E-state index contributed by atoms with van der Waals surface area (Å²) >= 11 is 0. The van der Waals surface area contributed by atoms with Gasteiger partial charge < -0.3 is 4.74 Å². The van der Waals surface area contributed by atoms with Crippen LogP contribution in [-0.4, -0.2) is 31.9 Å². The fourth-order valence-corrected chi connectivity index (χ4v) is 3.33. The van der Waals surface area contributed by atoms with Crippen LogP contribution in [0.25, 0.3) is 0 Å². The van der Waals surface area contributed by atoms with E-state index in [0.717, 1.165) is 6.42 Å². The fraction of sp³-hybridized carbons (Fsp3) is 1.00. The van der Waals surface area contributed by atoms with Crippen LogP contribution in [-0.2, 0) is 14.9 Å². The molecule has 0 bridgehead atoms. The molecule has 5 heteroatoms. The molecule has 0 radical (unpaired) electrons. The van der Waals surface area contributed by atoms with Crippen molar-refractivity contribution in [3.8, 4) is 0 Å². The van der Waals surface area contributed by atoms with Gasteiger partial charge in [0.2, 0.25) is 0 Å². The predicted molar refractivity (Wildman–Crippen MR) is 102 cm³/mol. The summed E-state index contributed by atoms with van der Waals surface area (Å²) in [4.78, 5) is 0. The van der Waals surface area contributed by atoms with E-state index in [9.17, 15) is 8.42 Å². The molecule has 4 nitrogen and oxygen atoms in total. The van der Waals surface area contributed by atoms with Crippen molar-refractivity contribution in [1.82, 2.24) is 0 Å². The second kappa shape index (κ2) is 17.7. The Morgan fingerprint density at radius 1 is 0.625 bits per heavy atom. The molecule has 146 valence electrons. The highest BCUT2D eigenvalue weighted by Crippen LogP contribution is 2.12. The van der Waals surface area contributed by atoms with Crippen molar-refractivity contribution in [1.29, 1.82) is 0 Å². The smallest absolute Gasteiger partial charge is 0.264 e. The largest absolute Gasteiger partial charge is 0.381 e. The van der Waals surface area contributed by atoms with Crippen LogP contribution in [0.15, 0.2) is 0 Å². The SMILES string of the molecule is CCCCCCCCCCCCCCCCOCCCS(=O)(=O)O. The summed E-state index contributed by atoms with van der Waals surface area (Å²) in [6.07, 6.45) is 19.1. The van der Waals surface area contributed by atoms with Gasteiger partial charge in [-0.05, 0) is 12.8 Å². The van der Waals surface area contributed by atoms with Gasteiger partial charge in [0.05, 0.1) is 5.75 Å². The van der Waals surface area contributed by atoms with Crippen LogP contribution in [0, 0.1) is 0 Å². The van der Waals surface area contributed by atoms with Gasteiger partial charge >= 0.3 is 0 Å². The molecule has 0 aromatic heterocycles. The molecule has 0 atom stereocenters. The zero-order valence-corrected chi connectivity index (χ0v) is 16.6. The van der Waals surface area contributed by atoms with Crippen molar-refractivity contribution in [2.45, 2.75) is 103 Å². The molecule has 0 aliphatic heterocycles. The molecule has 0 aliphatic carbocycles. The van der Waals surface area contributed by atoms with E-state index in [2.05, 4.69) is 6.92 Å². The van der Waals surface area contributed by atoms with Gasteiger partial charge in [-0.1, -0.05) is 90.4 Å². The van der Waals surface area contributed by atoms with Crippen LogP contribution in [0.2, 0.25) is 0 Å². The first-order valence-corrected chi connectivity index (χ1v) is 11.7. The van der Waals surface area contributed by atoms with Crippen LogP contribution in [0.1, 0.15) is 103 Å². The van der Waals surface area contributed by atoms with Crippen LogP contribution in [0.3, 0.4) is 0 Å². The van der Waals surface area contributed by atoms with Crippen LogP contribution in [0.5, 0.6) is 0 Å². The van der Waals surface area contributed by atoms with Crippen LogP contribution < -0.4 is 0 Å². The van der Waals surface area contributed by atoms with Crippen molar-refractivity contribution < 1.29 is 17.7 Å². The minimum absolute atomic E-state index is 0.203. The quantitative estimate of drug-likeness (QED) is 0.234. The van der Waals surface area contributed by atoms with Crippen molar-refractivity contribution in [2.75, 3.05) is 19.0 Å². The summed E-state index contributed by atoms with van der Waals surface area (Å²) < 4.78 is 34.9. The molecule has 0 fully saturated rings. The van der Waals surface area contributed by atoms with Crippen molar-refractivity contribution >= 4 is 10.1 Å². The maximum Gasteiger partial charge on any atom is 0.264 e. The van der Waals surface area contributed by atoms with Crippen molar-refractivity contribution in [2.24, 2.45) is 0 Å². The minimum atomic E-state index is -3.83. The number of rotatable bonds is 19. The zero-order valence-electron chi connectivity index (χ0n) is 15.8. The highest BCUT2D eigenvalue weighted by Gasteiger charge is 2.02. The van der Waals surface area contributed by atoms with Crippen molar-refractivity contribution in [3.63, 3.8) is 0 Å². The standard InChI is InChI=1S/C19H40O4S/c1-2-3-4-5-6-7-8-9-10-11-12-13-14-15-17-23-18-16-19-24(20,21)22/h2-19H2,1H3,(H,20,21,22). The predicted octanol–water partition coefficient (Wildman–Crippen LogP) is 5.76. The van der Waals surface area contributed by atoms with Gasteiger partial charge in [0.1, 0.15) is 0 Å². The Kier molecular flexibility index (Phi) is 17.6. The van der Waals surface area contributed by atoms with E-state index in [0.29, 0.717) is 19.6 Å². The van der Waals surface area contributed by atoms with E-state index in [1.807, 2.05) is 0 Å². The third-order valence-electron chi connectivity index (χ3n) is 4.33. The molecule has 0 saturated carbocycles. The Morgan fingerprint density at radius 3 is 1.42 bits per heavy atom. The van der Waals surface area contributed by atoms with Gasteiger partial charge in [0.25, 0.3) is 10.1 Å². The zero-order chi connectivity index (χ0) is 17.9. The third-order valence-corrected chi connectivity index (χ3v) is 5.14. The summed E-state index contributed by atoms with van der Waals surface area (Å²) in [5.41, 5.74) is 0. The molecule has 0 unspecified atom stereocenters. The fourth-order valence-electron chi connectivity index (χ4n) is 2.84. The Labute approximate surface area is 150 Å². The lowest BCUT2D eigenvalue weighted by atomic mass is 10.0. The van der Waals surface area contributed by atoms with E-state index in [1.54, 1.807) is 0 Å². The second-order valence-electron chi connectivity index (χ2n) is 6.85. The Balaban J connectivity index is 3.03. The van der Waals surface area contributed by atoms with E-state index in [4.69, 9.17) is 9.29 Å². The summed E-state index contributed by atoms with van der Waals surface area (Å²) in [5, 5.41) is 0. The molecule has 0 heterocycles. The normalized spacial score (nSPS) is 11.9. The lowest BCUT2D eigenvalue weighted by molar-refractivity contribution is 0.130. The monoisotopic (exact) mass is 364 g/mol. The highest BCUT2D eigenvalue weighted by atomic mass is 32.2. The summed E-state index contributed by atoms with van der Waals surface area (Å²) in [6, 6.07) is 0. The first-order valence-electron chi connectivity index (χ1n) is 10.1. The molecule has 0 aliphatic rings.